The third kappa shape index (κ3) is 4.43. The van der Waals surface area contributed by atoms with Gasteiger partial charge in [-0.3, -0.25) is 4.72 Å². The average Bonchev–Trinajstić information content (AvgIpc) is 2.70. The van der Waals surface area contributed by atoms with Crippen LogP contribution in [0, 0.1) is 6.92 Å². The van der Waals surface area contributed by atoms with Crippen molar-refractivity contribution in [1.82, 2.24) is 4.98 Å². The number of hydrogen-bond donors (Lipinski definition) is 2. The van der Waals surface area contributed by atoms with E-state index in [2.05, 4.69) is 28.0 Å². The maximum atomic E-state index is 12.5. The normalized spacial score (nSPS) is 11.1. The van der Waals surface area contributed by atoms with Gasteiger partial charge in [0.15, 0.2) is 0 Å². The number of nitrogens with one attached hydrogen (secondary N) is 2. The van der Waals surface area contributed by atoms with Gasteiger partial charge in [-0.1, -0.05) is 25.1 Å². The Morgan fingerprint density at radius 2 is 1.79 bits per heavy atom. The Labute approximate surface area is 165 Å². The molecule has 0 aliphatic carbocycles. The van der Waals surface area contributed by atoms with Crippen LogP contribution < -0.4 is 14.8 Å². The molecular weight excluding hydrogens is 374 g/mol. The van der Waals surface area contributed by atoms with Crippen LogP contribution in [0.4, 0.5) is 17.2 Å². The van der Waals surface area contributed by atoms with Gasteiger partial charge in [-0.15, -0.1) is 0 Å². The van der Waals surface area contributed by atoms with E-state index in [1.807, 2.05) is 19.1 Å². The van der Waals surface area contributed by atoms with E-state index in [4.69, 9.17) is 4.74 Å². The predicted octanol–water partition coefficient (Wildman–Crippen LogP) is 4.51. The fraction of sp³-hybridized carbons (Fsp3) is 0.190. The number of methoxy groups -OCH3 is 1. The van der Waals surface area contributed by atoms with Crippen LogP contribution in [-0.2, 0) is 16.4 Å². The maximum absolute atomic E-state index is 12.5. The molecule has 3 aromatic rings. The van der Waals surface area contributed by atoms with Crippen LogP contribution in [-0.4, -0.2) is 20.5 Å². The van der Waals surface area contributed by atoms with Crippen molar-refractivity contribution in [2.75, 3.05) is 17.1 Å². The smallest absolute Gasteiger partial charge is 0.263 e. The van der Waals surface area contributed by atoms with Crippen molar-refractivity contribution in [2.24, 2.45) is 0 Å². The second-order valence-corrected chi connectivity index (χ2v) is 7.98. The first-order valence-corrected chi connectivity index (χ1v) is 10.4. The summed E-state index contributed by atoms with van der Waals surface area (Å²) in [6, 6.07) is 15.8. The summed E-state index contributed by atoms with van der Waals surface area (Å²) in [5.41, 5.74) is 4.20. The van der Waals surface area contributed by atoms with Crippen molar-refractivity contribution in [3.8, 4) is 5.75 Å². The number of para-hydroxylation sites is 1. The lowest BCUT2D eigenvalue weighted by atomic mass is 10.1. The molecule has 2 aromatic carbocycles. The molecule has 7 heteroatoms. The van der Waals surface area contributed by atoms with Crippen LogP contribution in [0.2, 0.25) is 0 Å². The van der Waals surface area contributed by atoms with Crippen LogP contribution in [0.3, 0.4) is 0 Å². The molecule has 0 atom stereocenters. The Kier molecular flexibility index (Phi) is 5.84. The summed E-state index contributed by atoms with van der Waals surface area (Å²) in [4.78, 5) is 4.37. The molecule has 28 heavy (non-hydrogen) atoms. The highest BCUT2D eigenvalue weighted by molar-refractivity contribution is 7.92. The van der Waals surface area contributed by atoms with Crippen molar-refractivity contribution >= 4 is 27.2 Å². The standard InChI is InChI=1S/C21H23N3O3S/c1-4-16-7-5-6-15(2)21(16)23-17-8-13-20(22-14-17)24-28(25,26)19-11-9-18(27-3)10-12-19/h5-14,23H,4H2,1-3H3,(H,22,24). The first-order chi connectivity index (χ1) is 13.4. The van der Waals surface area contributed by atoms with Crippen molar-refractivity contribution in [1.29, 1.82) is 0 Å². The topological polar surface area (TPSA) is 80.3 Å². The third-order valence-electron chi connectivity index (χ3n) is 4.38. The Balaban J connectivity index is 1.76. The average molecular weight is 398 g/mol. The second kappa shape index (κ2) is 8.31. The fourth-order valence-corrected chi connectivity index (χ4v) is 3.83. The minimum atomic E-state index is -3.72. The Bertz CT molecular complexity index is 1050. The molecule has 0 aliphatic heterocycles. The first kappa shape index (κ1) is 19.7. The summed E-state index contributed by atoms with van der Waals surface area (Å²) in [6.45, 7) is 4.15. The van der Waals surface area contributed by atoms with Crippen molar-refractivity contribution in [3.05, 3.63) is 71.9 Å². The number of anilines is 3. The van der Waals surface area contributed by atoms with E-state index in [1.54, 1.807) is 30.5 Å². The number of aryl methyl sites for hydroxylation is 2. The molecule has 1 heterocycles. The van der Waals surface area contributed by atoms with Gasteiger partial charge in [0.2, 0.25) is 0 Å². The number of nitrogens with zero attached hydrogens (tertiary/aromatic N) is 1. The van der Waals surface area contributed by atoms with Gasteiger partial charge in [0.25, 0.3) is 10.0 Å². The van der Waals surface area contributed by atoms with Crippen LogP contribution in [0.1, 0.15) is 18.1 Å². The summed E-state index contributed by atoms with van der Waals surface area (Å²) in [7, 11) is -2.19. The van der Waals surface area contributed by atoms with Crippen LogP contribution in [0.5, 0.6) is 5.75 Å². The van der Waals surface area contributed by atoms with Gasteiger partial charge in [-0.05, 0) is 60.9 Å². The van der Waals surface area contributed by atoms with E-state index in [-0.39, 0.29) is 10.7 Å². The monoisotopic (exact) mass is 397 g/mol. The van der Waals surface area contributed by atoms with Gasteiger partial charge in [-0.25, -0.2) is 13.4 Å². The minimum Gasteiger partial charge on any atom is -0.497 e. The number of sulfonamides is 1. The van der Waals surface area contributed by atoms with Gasteiger partial charge >= 0.3 is 0 Å². The molecule has 0 amide bonds. The molecule has 0 saturated heterocycles. The number of aromatic nitrogens is 1. The lowest BCUT2D eigenvalue weighted by molar-refractivity contribution is 0.414. The Morgan fingerprint density at radius 1 is 1.04 bits per heavy atom. The molecule has 2 N–H and O–H groups in total. The molecule has 0 aliphatic rings. The quantitative estimate of drug-likeness (QED) is 0.613. The molecule has 6 nitrogen and oxygen atoms in total. The van der Waals surface area contributed by atoms with Crippen molar-refractivity contribution in [2.45, 2.75) is 25.2 Å². The molecular formula is C21H23N3O3S. The zero-order valence-electron chi connectivity index (χ0n) is 16.1. The van der Waals surface area contributed by atoms with E-state index in [9.17, 15) is 8.42 Å². The van der Waals surface area contributed by atoms with E-state index < -0.39 is 10.0 Å². The summed E-state index contributed by atoms with van der Waals surface area (Å²) in [5, 5.41) is 3.37. The minimum absolute atomic E-state index is 0.143. The van der Waals surface area contributed by atoms with Gasteiger partial charge in [0.05, 0.1) is 23.9 Å². The van der Waals surface area contributed by atoms with Crippen LogP contribution in [0.25, 0.3) is 0 Å². The Morgan fingerprint density at radius 3 is 2.39 bits per heavy atom. The number of pyridine rings is 1. The number of hydrogen-bond acceptors (Lipinski definition) is 5. The molecule has 0 radical (unpaired) electrons. The molecule has 0 saturated carbocycles. The predicted molar refractivity (Wildman–Crippen MR) is 112 cm³/mol. The van der Waals surface area contributed by atoms with E-state index >= 15 is 0 Å². The highest BCUT2D eigenvalue weighted by Gasteiger charge is 2.15. The van der Waals surface area contributed by atoms with Crippen LogP contribution >= 0.6 is 0 Å². The van der Waals surface area contributed by atoms with Gasteiger partial charge in [0.1, 0.15) is 11.6 Å². The SMILES string of the molecule is CCc1cccc(C)c1Nc1ccc(NS(=O)(=O)c2ccc(OC)cc2)nc1. The summed E-state index contributed by atoms with van der Waals surface area (Å²) in [5.74, 6) is 0.844. The molecule has 146 valence electrons. The van der Waals surface area contributed by atoms with Crippen molar-refractivity contribution in [3.63, 3.8) is 0 Å². The third-order valence-corrected chi connectivity index (χ3v) is 5.75. The first-order valence-electron chi connectivity index (χ1n) is 8.91. The van der Waals surface area contributed by atoms with Gasteiger partial charge < -0.3 is 10.1 Å². The van der Waals surface area contributed by atoms with Gasteiger partial charge in [0, 0.05) is 5.69 Å². The molecule has 0 spiro atoms. The van der Waals surface area contributed by atoms with Crippen molar-refractivity contribution < 1.29 is 13.2 Å². The zero-order valence-corrected chi connectivity index (χ0v) is 16.9. The summed E-state index contributed by atoms with van der Waals surface area (Å²) in [6.07, 6.45) is 2.52. The molecule has 1 aromatic heterocycles. The molecule has 0 fully saturated rings. The molecule has 3 rings (SSSR count). The molecule has 0 unspecified atom stereocenters. The van der Waals surface area contributed by atoms with E-state index in [0.717, 1.165) is 23.4 Å². The highest BCUT2D eigenvalue weighted by atomic mass is 32.2. The number of rotatable bonds is 7. The second-order valence-electron chi connectivity index (χ2n) is 6.30. The highest BCUT2D eigenvalue weighted by Crippen LogP contribution is 2.26. The lowest BCUT2D eigenvalue weighted by Gasteiger charge is -2.14. The van der Waals surface area contributed by atoms with E-state index in [0.29, 0.717) is 5.75 Å². The summed E-state index contributed by atoms with van der Waals surface area (Å²) >= 11 is 0. The largest absolute Gasteiger partial charge is 0.497 e. The summed E-state index contributed by atoms with van der Waals surface area (Å²) < 4.78 is 32.5. The maximum Gasteiger partial charge on any atom is 0.263 e. The fourth-order valence-electron chi connectivity index (χ4n) is 2.83. The zero-order chi connectivity index (χ0) is 20.1. The molecule has 0 bridgehead atoms. The number of ether oxygens (including phenoxy) is 1. The Hall–Kier alpha value is -3.06. The van der Waals surface area contributed by atoms with Crippen LogP contribution in [0.15, 0.2) is 65.7 Å². The lowest BCUT2D eigenvalue weighted by Crippen LogP contribution is -2.13. The number of benzene rings is 2. The van der Waals surface area contributed by atoms with Gasteiger partial charge in [-0.2, -0.15) is 0 Å². The van der Waals surface area contributed by atoms with E-state index in [1.165, 1.54) is 24.8 Å².